The third kappa shape index (κ3) is 3.91. The Kier molecular flexibility index (Phi) is 5.80. The molecule has 2 aromatic carbocycles. The van der Waals surface area contributed by atoms with Crippen LogP contribution in [0.2, 0.25) is 0 Å². The number of aromatic hydroxyl groups is 3. The summed E-state index contributed by atoms with van der Waals surface area (Å²) in [5, 5.41) is 59.6. The van der Waals surface area contributed by atoms with Gasteiger partial charge in [-0.05, 0) is 25.1 Å². The fourth-order valence-electron chi connectivity index (χ4n) is 3.61. The normalized spacial score (nSPS) is 25.2. The molecular formula is C22H22O11. The van der Waals surface area contributed by atoms with E-state index in [2.05, 4.69) is 0 Å². The van der Waals surface area contributed by atoms with Gasteiger partial charge >= 0.3 is 0 Å². The molecule has 1 fully saturated rings. The lowest BCUT2D eigenvalue weighted by Crippen LogP contribution is -2.58. The van der Waals surface area contributed by atoms with E-state index in [1.807, 2.05) is 0 Å². The Morgan fingerprint density at radius 2 is 1.64 bits per heavy atom. The molecule has 1 aliphatic rings. The van der Waals surface area contributed by atoms with Crippen LogP contribution < -0.4 is 14.9 Å². The highest BCUT2D eigenvalue weighted by Crippen LogP contribution is 2.38. The summed E-state index contributed by atoms with van der Waals surface area (Å²) in [6, 6.07) is 6.12. The first-order valence-corrected chi connectivity index (χ1v) is 9.88. The van der Waals surface area contributed by atoms with Gasteiger partial charge < -0.3 is 49.3 Å². The van der Waals surface area contributed by atoms with Crippen molar-refractivity contribution >= 4 is 11.0 Å². The number of rotatable bonds is 4. The Morgan fingerprint density at radius 3 is 2.30 bits per heavy atom. The van der Waals surface area contributed by atoms with Gasteiger partial charge in [0.2, 0.25) is 17.5 Å². The number of fused-ring (bicyclic) bond motifs is 1. The first-order valence-electron chi connectivity index (χ1n) is 9.88. The number of methoxy groups -OCH3 is 1. The number of aliphatic hydroxyl groups excluding tert-OH is 3. The number of benzene rings is 2. The maximum atomic E-state index is 13.0. The van der Waals surface area contributed by atoms with E-state index < -0.39 is 47.6 Å². The van der Waals surface area contributed by atoms with Gasteiger partial charge in [0.1, 0.15) is 40.8 Å². The monoisotopic (exact) mass is 462 g/mol. The summed E-state index contributed by atoms with van der Waals surface area (Å²) in [7, 11) is 1.24. The van der Waals surface area contributed by atoms with Crippen molar-refractivity contribution in [1.29, 1.82) is 0 Å². The van der Waals surface area contributed by atoms with Gasteiger partial charge in [0.05, 0.1) is 13.2 Å². The summed E-state index contributed by atoms with van der Waals surface area (Å²) in [6.45, 7) is 1.48. The van der Waals surface area contributed by atoms with E-state index in [0.29, 0.717) is 0 Å². The molecule has 0 amide bonds. The highest BCUT2D eigenvalue weighted by atomic mass is 16.7. The fourth-order valence-corrected chi connectivity index (χ4v) is 3.61. The molecule has 0 spiro atoms. The van der Waals surface area contributed by atoms with E-state index >= 15 is 0 Å². The second-order valence-corrected chi connectivity index (χ2v) is 7.61. The molecule has 1 aliphatic heterocycles. The van der Waals surface area contributed by atoms with Gasteiger partial charge in [-0.25, -0.2) is 0 Å². The van der Waals surface area contributed by atoms with Crippen LogP contribution in [0.25, 0.3) is 22.3 Å². The topological polar surface area (TPSA) is 179 Å². The number of aliphatic hydroxyl groups is 3. The Balaban J connectivity index is 1.80. The molecule has 6 N–H and O–H groups in total. The van der Waals surface area contributed by atoms with Crippen LogP contribution in [0, 0.1) is 0 Å². The van der Waals surface area contributed by atoms with E-state index in [4.69, 9.17) is 18.6 Å². The van der Waals surface area contributed by atoms with Gasteiger partial charge in [-0.3, -0.25) is 4.79 Å². The number of ether oxygens (including phenoxy) is 3. The first kappa shape index (κ1) is 22.7. The zero-order chi connectivity index (χ0) is 24.0. The molecule has 176 valence electrons. The molecule has 33 heavy (non-hydrogen) atoms. The minimum Gasteiger partial charge on any atom is -0.507 e. The second-order valence-electron chi connectivity index (χ2n) is 7.61. The van der Waals surface area contributed by atoms with E-state index in [1.54, 1.807) is 0 Å². The second kappa shape index (κ2) is 8.45. The highest BCUT2D eigenvalue weighted by molar-refractivity contribution is 5.88. The molecule has 11 heteroatoms. The molecule has 1 aromatic heterocycles. The summed E-state index contributed by atoms with van der Waals surface area (Å²) >= 11 is 0. The third-order valence-electron chi connectivity index (χ3n) is 5.41. The number of phenolic OH excluding ortho intramolecular Hbond substituents is 3. The Hall–Kier alpha value is -3.51. The van der Waals surface area contributed by atoms with Crippen LogP contribution in [-0.4, -0.2) is 68.5 Å². The highest BCUT2D eigenvalue weighted by Gasteiger charge is 2.43. The Morgan fingerprint density at radius 1 is 0.909 bits per heavy atom. The summed E-state index contributed by atoms with van der Waals surface area (Å²) in [4.78, 5) is 13.0. The fraction of sp³-hybridized carbons (Fsp3) is 0.318. The molecule has 11 nitrogen and oxygen atoms in total. The molecule has 0 aliphatic carbocycles. The van der Waals surface area contributed by atoms with Gasteiger partial charge in [-0.1, -0.05) is 0 Å². The molecular weight excluding hydrogens is 440 g/mol. The summed E-state index contributed by atoms with van der Waals surface area (Å²) in [5.74, 6) is -1.71. The minimum absolute atomic E-state index is 0.0624. The molecule has 0 bridgehead atoms. The summed E-state index contributed by atoms with van der Waals surface area (Å²) < 4.78 is 21.9. The van der Waals surface area contributed by atoms with Crippen molar-refractivity contribution in [3.05, 3.63) is 40.6 Å². The van der Waals surface area contributed by atoms with E-state index in [1.165, 1.54) is 38.3 Å². The number of hydrogen-bond donors (Lipinski definition) is 6. The van der Waals surface area contributed by atoms with Crippen LogP contribution in [0.4, 0.5) is 0 Å². The zero-order valence-electron chi connectivity index (χ0n) is 17.5. The zero-order valence-corrected chi connectivity index (χ0v) is 17.5. The van der Waals surface area contributed by atoms with Crippen molar-refractivity contribution in [3.8, 4) is 40.1 Å². The van der Waals surface area contributed by atoms with Gasteiger partial charge in [-0.15, -0.1) is 0 Å². The quantitative estimate of drug-likeness (QED) is 0.302. The van der Waals surface area contributed by atoms with Gasteiger partial charge in [0, 0.05) is 17.7 Å². The third-order valence-corrected chi connectivity index (χ3v) is 5.41. The van der Waals surface area contributed by atoms with Crippen LogP contribution in [0.3, 0.4) is 0 Å². The Labute approximate surface area is 186 Å². The van der Waals surface area contributed by atoms with Crippen LogP contribution in [0.1, 0.15) is 6.92 Å². The number of hydrogen-bond acceptors (Lipinski definition) is 11. The molecule has 5 atom stereocenters. The molecule has 0 radical (unpaired) electrons. The van der Waals surface area contributed by atoms with Crippen molar-refractivity contribution in [2.75, 3.05) is 7.11 Å². The predicted molar refractivity (Wildman–Crippen MR) is 112 cm³/mol. The Bertz CT molecular complexity index is 1250. The van der Waals surface area contributed by atoms with Crippen molar-refractivity contribution in [1.82, 2.24) is 0 Å². The molecule has 4 rings (SSSR count). The number of phenols is 3. The van der Waals surface area contributed by atoms with Crippen molar-refractivity contribution in [2.45, 2.75) is 37.6 Å². The van der Waals surface area contributed by atoms with Crippen molar-refractivity contribution < 1.29 is 49.3 Å². The molecule has 3 aromatic rings. The summed E-state index contributed by atoms with van der Waals surface area (Å²) in [5.41, 5.74) is -0.604. The van der Waals surface area contributed by atoms with E-state index in [-0.39, 0.29) is 39.5 Å². The minimum atomic E-state index is -1.59. The van der Waals surface area contributed by atoms with Crippen molar-refractivity contribution in [2.24, 2.45) is 0 Å². The van der Waals surface area contributed by atoms with Crippen LogP contribution in [0.5, 0.6) is 28.7 Å². The first-order chi connectivity index (χ1) is 15.6. The van der Waals surface area contributed by atoms with E-state index in [0.717, 1.165) is 6.07 Å². The maximum absolute atomic E-state index is 13.0. The largest absolute Gasteiger partial charge is 0.507 e. The van der Waals surface area contributed by atoms with Crippen LogP contribution >= 0.6 is 0 Å². The van der Waals surface area contributed by atoms with Gasteiger partial charge in [0.25, 0.3) is 0 Å². The average Bonchev–Trinajstić information content (AvgIpc) is 2.77. The van der Waals surface area contributed by atoms with Crippen LogP contribution in [-0.2, 0) is 4.74 Å². The molecule has 0 saturated carbocycles. The maximum Gasteiger partial charge on any atom is 0.239 e. The van der Waals surface area contributed by atoms with Gasteiger partial charge in [0.15, 0.2) is 17.3 Å². The van der Waals surface area contributed by atoms with E-state index in [9.17, 15) is 35.4 Å². The lowest BCUT2D eigenvalue weighted by Gasteiger charge is -2.38. The standard InChI is InChI=1S/C22H22O11/c1-8-16(26)18(28)19(29)22(31-8)32-10-6-13(25)15-14(7-10)33-20(21(30-2)17(15)27)9-3-4-11(23)12(24)5-9/h3-8,16,18-19,22-26,28-29H,1-2H3/t8?,16-,18-,19?,22-/m0/s1. The molecule has 2 unspecified atom stereocenters. The summed E-state index contributed by atoms with van der Waals surface area (Å²) in [6.07, 6.45) is -6.66. The lowest BCUT2D eigenvalue weighted by molar-refractivity contribution is -0.268. The molecule has 2 heterocycles. The van der Waals surface area contributed by atoms with Crippen molar-refractivity contribution in [3.63, 3.8) is 0 Å². The van der Waals surface area contributed by atoms with Gasteiger partial charge in [-0.2, -0.15) is 0 Å². The molecule has 1 saturated heterocycles. The lowest BCUT2D eigenvalue weighted by atomic mass is 10.00. The predicted octanol–water partition coefficient (Wildman–Crippen LogP) is 0.792. The van der Waals surface area contributed by atoms with Crippen LogP contribution in [0.15, 0.2) is 39.5 Å². The average molecular weight is 462 g/mol. The smallest absolute Gasteiger partial charge is 0.239 e. The SMILES string of the molecule is COc1c(-c2ccc(O)c(O)c2)oc2cc(O[C@@H]3OC(C)[C@H](O)[C@H](O)C3O)cc(O)c2c1=O.